The Kier molecular flexibility index (Phi) is 5.61. The number of likely N-dealkylation sites (N-methyl/N-ethyl adjacent to an activating group) is 1. The summed E-state index contributed by atoms with van der Waals surface area (Å²) in [5, 5.41) is 7.47. The molecule has 0 bridgehead atoms. The summed E-state index contributed by atoms with van der Waals surface area (Å²) < 4.78 is 0. The molecule has 0 saturated heterocycles. The molecule has 2 N–H and O–H groups in total. The number of benzene rings is 1. The van der Waals surface area contributed by atoms with Gasteiger partial charge in [0.05, 0.1) is 0 Å². The largest absolute Gasteiger partial charge is 0.353 e. The van der Waals surface area contributed by atoms with E-state index in [1.165, 1.54) is 0 Å². The zero-order valence-electron chi connectivity index (χ0n) is 11.9. The third-order valence-electron chi connectivity index (χ3n) is 2.63. The van der Waals surface area contributed by atoms with Crippen LogP contribution in [-0.2, 0) is 0 Å². The zero-order valence-corrected chi connectivity index (χ0v) is 13.4. The van der Waals surface area contributed by atoms with E-state index in [1.54, 1.807) is 30.5 Å². The van der Waals surface area contributed by atoms with Gasteiger partial charge in [0.15, 0.2) is 0 Å². The van der Waals surface area contributed by atoms with Crippen LogP contribution in [0.3, 0.4) is 0 Å². The molecule has 0 aliphatic heterocycles. The van der Waals surface area contributed by atoms with E-state index in [-0.39, 0.29) is 0 Å². The van der Waals surface area contributed by atoms with Crippen molar-refractivity contribution in [3.05, 3.63) is 40.5 Å². The smallest absolute Gasteiger partial charge is 0.224 e. The molecule has 5 nitrogen and oxygen atoms in total. The Labute approximate surface area is 134 Å². The van der Waals surface area contributed by atoms with E-state index in [9.17, 15) is 0 Å². The van der Waals surface area contributed by atoms with Gasteiger partial charge in [-0.25, -0.2) is 4.98 Å². The van der Waals surface area contributed by atoms with Crippen molar-refractivity contribution in [2.45, 2.75) is 0 Å². The van der Waals surface area contributed by atoms with Crippen LogP contribution < -0.4 is 10.6 Å². The van der Waals surface area contributed by atoms with E-state index in [0.29, 0.717) is 21.8 Å². The van der Waals surface area contributed by atoms with E-state index in [2.05, 4.69) is 25.5 Å². The maximum absolute atomic E-state index is 5.97. The highest BCUT2D eigenvalue weighted by Gasteiger charge is 2.02. The molecule has 0 radical (unpaired) electrons. The molecule has 1 heterocycles. The summed E-state index contributed by atoms with van der Waals surface area (Å²) in [4.78, 5) is 10.7. The number of aromatic nitrogens is 2. The monoisotopic (exact) mass is 325 g/mol. The van der Waals surface area contributed by atoms with Gasteiger partial charge in [-0.1, -0.05) is 23.2 Å². The van der Waals surface area contributed by atoms with E-state index in [4.69, 9.17) is 23.2 Å². The van der Waals surface area contributed by atoms with Crippen molar-refractivity contribution in [1.29, 1.82) is 0 Å². The number of anilines is 3. The summed E-state index contributed by atoms with van der Waals surface area (Å²) in [5.41, 5.74) is 0.783. The maximum atomic E-state index is 5.97. The Bertz CT molecular complexity index is 583. The molecule has 0 aliphatic carbocycles. The van der Waals surface area contributed by atoms with Crippen LogP contribution in [0.4, 0.5) is 17.5 Å². The lowest BCUT2D eigenvalue weighted by molar-refractivity contribution is 0.425. The van der Waals surface area contributed by atoms with Crippen molar-refractivity contribution < 1.29 is 0 Å². The molecule has 7 heteroatoms. The molecule has 2 rings (SSSR count). The van der Waals surface area contributed by atoms with Gasteiger partial charge in [0.2, 0.25) is 5.95 Å². The van der Waals surface area contributed by atoms with Crippen molar-refractivity contribution in [1.82, 2.24) is 14.9 Å². The average molecular weight is 326 g/mol. The number of hydrogen-bond donors (Lipinski definition) is 2. The highest BCUT2D eigenvalue weighted by molar-refractivity contribution is 6.35. The first kappa shape index (κ1) is 15.8. The molecule has 0 atom stereocenters. The standard InChI is InChI=1S/C14H17Cl2N5/c1-21(2)6-5-18-14-17-4-3-13(20-14)19-12-8-10(15)7-11(16)9-12/h3-4,7-9H,5-6H2,1-2H3,(H2,17,18,19,20). The summed E-state index contributed by atoms with van der Waals surface area (Å²) in [6.07, 6.45) is 1.69. The van der Waals surface area contributed by atoms with Gasteiger partial charge in [-0.15, -0.1) is 0 Å². The summed E-state index contributed by atoms with van der Waals surface area (Å²) in [6, 6.07) is 7.04. The first-order valence-electron chi connectivity index (χ1n) is 6.48. The van der Waals surface area contributed by atoms with Gasteiger partial charge in [0.25, 0.3) is 0 Å². The van der Waals surface area contributed by atoms with Crippen LogP contribution in [0.1, 0.15) is 0 Å². The fraction of sp³-hybridized carbons (Fsp3) is 0.286. The highest BCUT2D eigenvalue weighted by Crippen LogP contribution is 2.24. The number of halogens is 2. The molecule has 0 spiro atoms. The van der Waals surface area contributed by atoms with E-state index in [1.807, 2.05) is 14.1 Å². The Morgan fingerprint density at radius 1 is 1.14 bits per heavy atom. The number of nitrogens with zero attached hydrogens (tertiary/aromatic N) is 3. The molecule has 112 valence electrons. The van der Waals surface area contributed by atoms with Crippen molar-refractivity contribution >= 4 is 40.7 Å². The third-order valence-corrected chi connectivity index (χ3v) is 3.07. The molecular formula is C14H17Cl2N5. The second kappa shape index (κ2) is 7.45. The van der Waals surface area contributed by atoms with Crippen molar-refractivity contribution in [3.8, 4) is 0 Å². The second-order valence-corrected chi connectivity index (χ2v) is 5.65. The quantitative estimate of drug-likeness (QED) is 0.851. The van der Waals surface area contributed by atoms with Crippen LogP contribution in [0.25, 0.3) is 0 Å². The molecule has 1 aromatic heterocycles. The Morgan fingerprint density at radius 3 is 2.52 bits per heavy atom. The molecule has 0 aliphatic rings. The molecule has 0 saturated carbocycles. The minimum Gasteiger partial charge on any atom is -0.353 e. The van der Waals surface area contributed by atoms with Crippen LogP contribution in [0.2, 0.25) is 10.0 Å². The van der Waals surface area contributed by atoms with Gasteiger partial charge >= 0.3 is 0 Å². The summed E-state index contributed by atoms with van der Waals surface area (Å²) in [7, 11) is 4.03. The van der Waals surface area contributed by atoms with Gasteiger partial charge in [-0.05, 0) is 38.4 Å². The van der Waals surface area contributed by atoms with Crippen LogP contribution in [0.15, 0.2) is 30.5 Å². The predicted molar refractivity (Wildman–Crippen MR) is 88.8 cm³/mol. The van der Waals surface area contributed by atoms with Crippen molar-refractivity contribution in [3.63, 3.8) is 0 Å². The number of rotatable bonds is 6. The number of hydrogen-bond acceptors (Lipinski definition) is 5. The van der Waals surface area contributed by atoms with Gasteiger partial charge in [-0.2, -0.15) is 4.98 Å². The molecular weight excluding hydrogens is 309 g/mol. The molecule has 21 heavy (non-hydrogen) atoms. The van der Waals surface area contributed by atoms with Crippen molar-refractivity contribution in [2.75, 3.05) is 37.8 Å². The first-order chi connectivity index (χ1) is 10.0. The zero-order chi connectivity index (χ0) is 15.2. The Morgan fingerprint density at radius 2 is 1.86 bits per heavy atom. The van der Waals surface area contributed by atoms with E-state index in [0.717, 1.165) is 18.8 Å². The SMILES string of the molecule is CN(C)CCNc1nccc(Nc2cc(Cl)cc(Cl)c2)n1. The Hall–Kier alpha value is -1.56. The van der Waals surface area contributed by atoms with Crippen LogP contribution >= 0.6 is 23.2 Å². The highest BCUT2D eigenvalue weighted by atomic mass is 35.5. The summed E-state index contributed by atoms with van der Waals surface area (Å²) in [6.45, 7) is 1.68. The van der Waals surface area contributed by atoms with Crippen LogP contribution in [-0.4, -0.2) is 42.1 Å². The first-order valence-corrected chi connectivity index (χ1v) is 7.23. The molecule has 1 aromatic carbocycles. The maximum Gasteiger partial charge on any atom is 0.224 e. The lowest BCUT2D eigenvalue weighted by atomic mass is 10.3. The van der Waals surface area contributed by atoms with Gasteiger partial charge in [-0.3, -0.25) is 0 Å². The van der Waals surface area contributed by atoms with Gasteiger partial charge in [0, 0.05) is 35.0 Å². The molecule has 0 fully saturated rings. The minimum absolute atomic E-state index is 0.573. The van der Waals surface area contributed by atoms with Gasteiger partial charge in [0.1, 0.15) is 5.82 Å². The van der Waals surface area contributed by atoms with Crippen molar-refractivity contribution in [2.24, 2.45) is 0 Å². The topological polar surface area (TPSA) is 53.1 Å². The minimum atomic E-state index is 0.573. The molecule has 0 unspecified atom stereocenters. The Balaban J connectivity index is 2.03. The second-order valence-electron chi connectivity index (χ2n) is 4.78. The van der Waals surface area contributed by atoms with Crippen LogP contribution in [0.5, 0.6) is 0 Å². The van der Waals surface area contributed by atoms with Gasteiger partial charge < -0.3 is 15.5 Å². The third kappa shape index (κ3) is 5.38. The van der Waals surface area contributed by atoms with E-state index >= 15 is 0 Å². The van der Waals surface area contributed by atoms with Crippen LogP contribution in [0, 0.1) is 0 Å². The summed E-state index contributed by atoms with van der Waals surface area (Å²) >= 11 is 11.9. The lowest BCUT2D eigenvalue weighted by Gasteiger charge is -2.11. The molecule has 0 amide bonds. The fourth-order valence-corrected chi connectivity index (χ4v) is 2.20. The number of nitrogens with one attached hydrogen (secondary N) is 2. The lowest BCUT2D eigenvalue weighted by Crippen LogP contribution is -2.21. The van der Waals surface area contributed by atoms with E-state index < -0.39 is 0 Å². The fourth-order valence-electron chi connectivity index (χ4n) is 1.68. The normalized spacial score (nSPS) is 10.7. The predicted octanol–water partition coefficient (Wildman–Crippen LogP) is 3.50. The summed E-state index contributed by atoms with van der Waals surface area (Å²) in [5.74, 6) is 1.26. The molecule has 2 aromatic rings. The average Bonchev–Trinajstić information content (AvgIpc) is 2.37.